The van der Waals surface area contributed by atoms with Crippen LogP contribution in [0, 0.1) is 6.92 Å². The van der Waals surface area contributed by atoms with Gasteiger partial charge in [-0.3, -0.25) is 9.78 Å². The number of halogens is 1. The van der Waals surface area contributed by atoms with Gasteiger partial charge in [-0.1, -0.05) is 11.6 Å². The number of rotatable bonds is 7. The second-order valence-corrected chi connectivity index (χ2v) is 6.51. The molecule has 1 N–H and O–H groups in total. The number of hydrogen-bond donors (Lipinski definition) is 1. The number of hydrogen-bond acceptors (Lipinski definition) is 9. The van der Waals surface area contributed by atoms with Crippen LogP contribution in [0.5, 0.6) is 17.4 Å². The number of aldehydes is 1. The second-order valence-electron chi connectivity index (χ2n) is 6.11. The molecule has 3 aromatic heterocycles. The van der Waals surface area contributed by atoms with E-state index in [1.54, 1.807) is 30.6 Å². The van der Waals surface area contributed by atoms with Gasteiger partial charge in [0.15, 0.2) is 6.29 Å². The van der Waals surface area contributed by atoms with E-state index < -0.39 is 0 Å². The molecule has 4 aromatic rings. The normalized spacial score (nSPS) is 10.6. The topological polar surface area (TPSA) is 112 Å². The maximum Gasteiger partial charge on any atom is 0.238 e. The summed E-state index contributed by atoms with van der Waals surface area (Å²) >= 11 is 6.22. The molecule has 1 aromatic carbocycles. The number of anilines is 2. The van der Waals surface area contributed by atoms with Crippen molar-refractivity contribution >= 4 is 40.4 Å². The lowest BCUT2D eigenvalue weighted by Gasteiger charge is -2.11. The van der Waals surface area contributed by atoms with E-state index in [9.17, 15) is 4.79 Å². The lowest BCUT2D eigenvalue weighted by molar-refractivity contribution is -0.109. The van der Waals surface area contributed by atoms with Crippen LogP contribution in [0.1, 0.15) is 5.69 Å². The van der Waals surface area contributed by atoms with Crippen molar-refractivity contribution in [1.82, 2.24) is 24.9 Å². The van der Waals surface area contributed by atoms with Crippen molar-refractivity contribution in [3.05, 3.63) is 59.9 Å². The lowest BCUT2D eigenvalue weighted by Crippen LogP contribution is -2.00. The first-order valence-corrected chi connectivity index (χ1v) is 9.20. The molecule has 150 valence electrons. The van der Waals surface area contributed by atoms with E-state index in [1.165, 1.54) is 18.6 Å². The molecule has 0 saturated heterocycles. The van der Waals surface area contributed by atoms with E-state index in [4.69, 9.17) is 21.1 Å². The van der Waals surface area contributed by atoms with Crippen molar-refractivity contribution in [1.29, 1.82) is 0 Å². The van der Waals surface area contributed by atoms with Gasteiger partial charge in [-0.25, -0.2) is 19.9 Å². The third-order valence-electron chi connectivity index (χ3n) is 3.95. The molecule has 0 atom stereocenters. The van der Waals surface area contributed by atoms with Crippen LogP contribution in [0.25, 0.3) is 10.9 Å². The van der Waals surface area contributed by atoms with Gasteiger partial charge in [-0.15, -0.1) is 0 Å². The maximum atomic E-state index is 10.4. The lowest BCUT2D eigenvalue weighted by atomic mass is 10.2. The first-order valence-electron chi connectivity index (χ1n) is 8.82. The summed E-state index contributed by atoms with van der Waals surface area (Å²) in [6.45, 7) is 1.78. The van der Waals surface area contributed by atoms with Crippen molar-refractivity contribution in [3.8, 4) is 17.4 Å². The Hall–Kier alpha value is -3.85. The number of nitrogens with zero attached hydrogens (tertiary/aromatic N) is 5. The number of aryl methyl sites for hydroxylation is 1. The minimum absolute atomic E-state index is 0.0793. The van der Waals surface area contributed by atoms with Gasteiger partial charge in [0.05, 0.1) is 29.8 Å². The molecular weight excluding hydrogens is 408 g/mol. The van der Waals surface area contributed by atoms with Gasteiger partial charge in [0.25, 0.3) is 0 Å². The fourth-order valence-electron chi connectivity index (χ4n) is 2.58. The highest BCUT2D eigenvalue weighted by molar-refractivity contribution is 6.32. The number of carbonyl (C=O) groups excluding carboxylic acids is 1. The minimum Gasteiger partial charge on any atom is -0.484 e. The number of nitrogens with one attached hydrogen (secondary N) is 1. The van der Waals surface area contributed by atoms with Crippen LogP contribution in [0.3, 0.4) is 0 Å². The predicted octanol–water partition coefficient (Wildman–Crippen LogP) is 3.89. The molecule has 3 heterocycles. The SMILES string of the molecule is Cc1cnc(Nc2ncnc3ccc(Oc4ncc(OCC=O)cc4Cl)cc23)cn1. The molecule has 0 aliphatic carbocycles. The number of pyridine rings is 1. The summed E-state index contributed by atoms with van der Waals surface area (Å²) in [5.41, 5.74) is 1.53. The Morgan fingerprint density at radius 2 is 1.93 bits per heavy atom. The molecule has 9 nitrogen and oxygen atoms in total. The molecule has 0 bridgehead atoms. The highest BCUT2D eigenvalue weighted by atomic mass is 35.5. The van der Waals surface area contributed by atoms with Gasteiger partial charge in [0, 0.05) is 11.5 Å². The van der Waals surface area contributed by atoms with Gasteiger partial charge >= 0.3 is 0 Å². The number of aromatic nitrogens is 5. The van der Waals surface area contributed by atoms with Crippen LogP contribution in [-0.2, 0) is 4.79 Å². The largest absolute Gasteiger partial charge is 0.484 e. The molecule has 0 unspecified atom stereocenters. The van der Waals surface area contributed by atoms with E-state index in [2.05, 4.69) is 30.2 Å². The second kappa shape index (κ2) is 8.66. The third kappa shape index (κ3) is 4.41. The van der Waals surface area contributed by atoms with Crippen LogP contribution in [0.4, 0.5) is 11.6 Å². The van der Waals surface area contributed by atoms with E-state index in [0.29, 0.717) is 29.4 Å². The highest BCUT2D eigenvalue weighted by Gasteiger charge is 2.11. The fourth-order valence-corrected chi connectivity index (χ4v) is 2.78. The van der Waals surface area contributed by atoms with Gasteiger partial charge in [0.1, 0.15) is 41.1 Å². The standard InChI is InChI=1S/C20H15ClN6O3/c1-12-8-23-18(10-22-12)27-19-15-6-13(2-3-17(15)25-11-26-19)30-20-16(21)7-14(9-24-20)29-5-4-28/h2-4,6-11H,5H2,1H3,(H,23,25,26,27). The monoisotopic (exact) mass is 422 g/mol. The average molecular weight is 423 g/mol. The first kappa shape index (κ1) is 19.5. The van der Waals surface area contributed by atoms with E-state index >= 15 is 0 Å². The van der Waals surface area contributed by atoms with Crippen LogP contribution >= 0.6 is 11.6 Å². The molecule has 0 saturated carbocycles. The Balaban J connectivity index is 1.61. The Morgan fingerprint density at radius 3 is 2.70 bits per heavy atom. The highest BCUT2D eigenvalue weighted by Crippen LogP contribution is 2.32. The third-order valence-corrected chi connectivity index (χ3v) is 4.22. The minimum atomic E-state index is -0.0793. The first-order chi connectivity index (χ1) is 14.6. The van der Waals surface area contributed by atoms with Crippen molar-refractivity contribution < 1.29 is 14.3 Å². The average Bonchev–Trinajstić information content (AvgIpc) is 2.76. The molecule has 0 aliphatic rings. The smallest absolute Gasteiger partial charge is 0.238 e. The zero-order valence-electron chi connectivity index (χ0n) is 15.7. The molecule has 30 heavy (non-hydrogen) atoms. The van der Waals surface area contributed by atoms with Crippen LogP contribution in [-0.4, -0.2) is 37.8 Å². The van der Waals surface area contributed by atoms with Crippen molar-refractivity contribution in [2.75, 3.05) is 11.9 Å². The van der Waals surface area contributed by atoms with Crippen LogP contribution < -0.4 is 14.8 Å². The van der Waals surface area contributed by atoms with Crippen molar-refractivity contribution in [3.63, 3.8) is 0 Å². The molecule has 4 rings (SSSR count). The summed E-state index contributed by atoms with van der Waals surface area (Å²) < 4.78 is 11.0. The number of fused-ring (bicyclic) bond motifs is 1. The summed E-state index contributed by atoms with van der Waals surface area (Å²) in [5.74, 6) is 2.18. The molecule has 0 spiro atoms. The van der Waals surface area contributed by atoms with Crippen LogP contribution in [0.2, 0.25) is 5.02 Å². The molecule has 10 heteroatoms. The molecule has 0 aliphatic heterocycles. The summed E-state index contributed by atoms with van der Waals surface area (Å²) in [6, 6.07) is 6.85. The van der Waals surface area contributed by atoms with Crippen LogP contribution in [0.15, 0.2) is 49.2 Å². The predicted molar refractivity (Wildman–Crippen MR) is 110 cm³/mol. The van der Waals surface area contributed by atoms with E-state index in [1.807, 2.05) is 6.92 Å². The number of carbonyl (C=O) groups is 1. The van der Waals surface area contributed by atoms with Gasteiger partial charge in [-0.2, -0.15) is 0 Å². The van der Waals surface area contributed by atoms with E-state index in [0.717, 1.165) is 16.6 Å². The van der Waals surface area contributed by atoms with Gasteiger partial charge in [-0.05, 0) is 25.1 Å². The Morgan fingerprint density at radius 1 is 1.03 bits per heavy atom. The summed E-state index contributed by atoms with van der Waals surface area (Å²) in [4.78, 5) is 31.6. The fraction of sp³-hybridized carbons (Fsp3) is 0.100. The Kier molecular flexibility index (Phi) is 5.62. The number of benzene rings is 1. The molecular formula is C20H15ClN6O3. The summed E-state index contributed by atoms with van der Waals surface area (Å²) in [6.07, 6.45) is 6.82. The zero-order chi connectivity index (χ0) is 20.9. The number of ether oxygens (including phenoxy) is 2. The Bertz CT molecular complexity index is 1200. The quantitative estimate of drug-likeness (QED) is 0.443. The molecule has 0 amide bonds. The summed E-state index contributed by atoms with van der Waals surface area (Å²) in [7, 11) is 0. The molecule has 0 radical (unpaired) electrons. The van der Waals surface area contributed by atoms with Crippen molar-refractivity contribution in [2.24, 2.45) is 0 Å². The van der Waals surface area contributed by atoms with Gasteiger partial charge < -0.3 is 14.8 Å². The van der Waals surface area contributed by atoms with Crippen molar-refractivity contribution in [2.45, 2.75) is 6.92 Å². The summed E-state index contributed by atoms with van der Waals surface area (Å²) in [5, 5.41) is 4.10. The zero-order valence-corrected chi connectivity index (χ0v) is 16.5. The maximum absolute atomic E-state index is 10.4. The Labute approximate surface area is 176 Å². The molecule has 0 fully saturated rings. The van der Waals surface area contributed by atoms with Gasteiger partial charge in [0.2, 0.25) is 5.88 Å². The van der Waals surface area contributed by atoms with E-state index in [-0.39, 0.29) is 17.5 Å².